The number of ether oxygens (including phenoxy) is 1. The van der Waals surface area contributed by atoms with Crippen molar-refractivity contribution in [3.05, 3.63) is 63.6 Å². The summed E-state index contributed by atoms with van der Waals surface area (Å²) in [7, 11) is 0. The van der Waals surface area contributed by atoms with Gasteiger partial charge in [-0.2, -0.15) is 0 Å². The lowest BCUT2D eigenvalue weighted by atomic mass is 9.92. The maximum absolute atomic E-state index is 9.70. The van der Waals surface area contributed by atoms with Gasteiger partial charge in [0.1, 0.15) is 11.9 Å². The van der Waals surface area contributed by atoms with E-state index in [1.165, 1.54) is 11.1 Å². The van der Waals surface area contributed by atoms with Gasteiger partial charge < -0.3 is 9.84 Å². The van der Waals surface area contributed by atoms with E-state index in [1.54, 1.807) is 0 Å². The molecule has 1 aliphatic rings. The number of rotatable bonds is 4. The Bertz CT molecular complexity index is 622. The summed E-state index contributed by atoms with van der Waals surface area (Å²) in [5.41, 5.74) is 3.72. The van der Waals surface area contributed by atoms with Crippen LogP contribution in [0.15, 0.2) is 46.9 Å². The molecule has 0 fully saturated rings. The first kappa shape index (κ1) is 14.6. The van der Waals surface area contributed by atoms with Gasteiger partial charge in [0.05, 0.1) is 6.61 Å². The Balaban J connectivity index is 1.70. The molecule has 21 heavy (non-hydrogen) atoms. The van der Waals surface area contributed by atoms with Gasteiger partial charge >= 0.3 is 0 Å². The first-order chi connectivity index (χ1) is 10.2. The molecule has 0 bridgehead atoms. The molecular formula is C18H19BrO2. The molecule has 0 aliphatic carbocycles. The smallest absolute Gasteiger partial charge is 0.123 e. The Hall–Kier alpha value is -1.32. The summed E-state index contributed by atoms with van der Waals surface area (Å²) < 4.78 is 7.08. The second-order valence-corrected chi connectivity index (χ2v) is 6.64. The topological polar surface area (TPSA) is 29.5 Å². The van der Waals surface area contributed by atoms with Crippen molar-refractivity contribution in [1.82, 2.24) is 0 Å². The number of benzene rings is 2. The van der Waals surface area contributed by atoms with Gasteiger partial charge in [0, 0.05) is 16.8 Å². The minimum Gasteiger partial charge on any atom is -0.490 e. The molecule has 1 N–H and O–H groups in total. The van der Waals surface area contributed by atoms with Gasteiger partial charge in [-0.25, -0.2) is 0 Å². The zero-order chi connectivity index (χ0) is 14.8. The highest BCUT2D eigenvalue weighted by atomic mass is 79.9. The Morgan fingerprint density at radius 1 is 1.24 bits per heavy atom. The van der Waals surface area contributed by atoms with Crippen LogP contribution in [0.1, 0.15) is 29.0 Å². The standard InChI is InChI=1S/C18H19BrO2/c1-12-2-7-18-14(8-12)9-17(21-18)10-15(11-20)13-3-5-16(19)6-4-13/h2-8,15,17,20H,9-11H2,1H3. The normalized spacial score (nSPS) is 18.1. The highest BCUT2D eigenvalue weighted by Gasteiger charge is 2.26. The third kappa shape index (κ3) is 3.30. The molecular weight excluding hydrogens is 328 g/mol. The van der Waals surface area contributed by atoms with Crippen LogP contribution in [0.4, 0.5) is 0 Å². The van der Waals surface area contributed by atoms with Crippen LogP contribution in [-0.2, 0) is 6.42 Å². The van der Waals surface area contributed by atoms with Crippen molar-refractivity contribution in [3.8, 4) is 5.75 Å². The molecule has 110 valence electrons. The van der Waals surface area contributed by atoms with Crippen LogP contribution in [0.25, 0.3) is 0 Å². The molecule has 0 aromatic heterocycles. The Labute approximate surface area is 133 Å². The van der Waals surface area contributed by atoms with Crippen molar-refractivity contribution in [3.63, 3.8) is 0 Å². The molecule has 0 spiro atoms. The van der Waals surface area contributed by atoms with Crippen LogP contribution in [0, 0.1) is 6.92 Å². The van der Waals surface area contributed by atoms with E-state index in [0.717, 1.165) is 28.6 Å². The van der Waals surface area contributed by atoms with Crippen LogP contribution in [-0.4, -0.2) is 17.8 Å². The number of aliphatic hydroxyl groups excluding tert-OH is 1. The third-order valence-corrected chi connectivity index (χ3v) is 4.60. The predicted octanol–water partition coefficient (Wildman–Crippen LogP) is 4.23. The van der Waals surface area contributed by atoms with Gasteiger partial charge in [0.25, 0.3) is 0 Å². The molecule has 3 heteroatoms. The minimum absolute atomic E-state index is 0.124. The second-order valence-electron chi connectivity index (χ2n) is 5.72. The van der Waals surface area contributed by atoms with Crippen LogP contribution < -0.4 is 4.74 Å². The van der Waals surface area contributed by atoms with E-state index in [9.17, 15) is 5.11 Å². The number of halogens is 1. The fourth-order valence-electron chi connectivity index (χ4n) is 2.95. The van der Waals surface area contributed by atoms with E-state index >= 15 is 0 Å². The maximum atomic E-state index is 9.70. The average molecular weight is 347 g/mol. The van der Waals surface area contributed by atoms with Crippen molar-refractivity contribution in [2.24, 2.45) is 0 Å². The Kier molecular flexibility index (Phi) is 4.32. The molecule has 3 rings (SSSR count). The molecule has 2 aromatic rings. The number of aryl methyl sites for hydroxylation is 1. The predicted molar refractivity (Wildman–Crippen MR) is 87.9 cm³/mol. The number of hydrogen-bond acceptors (Lipinski definition) is 2. The highest BCUT2D eigenvalue weighted by molar-refractivity contribution is 9.10. The van der Waals surface area contributed by atoms with Crippen LogP contribution in [0.5, 0.6) is 5.75 Å². The van der Waals surface area contributed by atoms with Crippen LogP contribution in [0.2, 0.25) is 0 Å². The first-order valence-corrected chi connectivity index (χ1v) is 8.07. The molecule has 2 nitrogen and oxygen atoms in total. The van der Waals surface area contributed by atoms with E-state index in [1.807, 2.05) is 12.1 Å². The first-order valence-electron chi connectivity index (χ1n) is 7.28. The van der Waals surface area contributed by atoms with E-state index in [2.05, 4.69) is 53.2 Å². The van der Waals surface area contributed by atoms with Crippen molar-refractivity contribution in [1.29, 1.82) is 0 Å². The molecule has 0 saturated heterocycles. The van der Waals surface area contributed by atoms with E-state index in [-0.39, 0.29) is 18.6 Å². The third-order valence-electron chi connectivity index (χ3n) is 4.07. The lowest BCUT2D eigenvalue weighted by molar-refractivity contribution is 0.179. The number of hydrogen-bond donors (Lipinski definition) is 1. The van der Waals surface area contributed by atoms with Gasteiger partial charge in [-0.1, -0.05) is 45.8 Å². The SMILES string of the molecule is Cc1ccc2c(c1)CC(CC(CO)c1ccc(Br)cc1)O2. The van der Waals surface area contributed by atoms with Gasteiger partial charge in [-0.05, 0) is 42.7 Å². The van der Waals surface area contributed by atoms with Crippen molar-refractivity contribution >= 4 is 15.9 Å². The Morgan fingerprint density at radius 2 is 2.00 bits per heavy atom. The fraction of sp³-hybridized carbons (Fsp3) is 0.333. The zero-order valence-corrected chi connectivity index (χ0v) is 13.6. The monoisotopic (exact) mass is 346 g/mol. The quantitative estimate of drug-likeness (QED) is 0.897. The molecule has 2 unspecified atom stereocenters. The summed E-state index contributed by atoms with van der Waals surface area (Å²) in [6.45, 7) is 2.25. The molecule has 1 aliphatic heterocycles. The molecule has 0 radical (unpaired) electrons. The minimum atomic E-state index is 0.124. The summed E-state index contributed by atoms with van der Waals surface area (Å²) in [5, 5.41) is 9.70. The summed E-state index contributed by atoms with van der Waals surface area (Å²) >= 11 is 3.44. The van der Waals surface area contributed by atoms with Gasteiger partial charge in [0.2, 0.25) is 0 Å². The fourth-order valence-corrected chi connectivity index (χ4v) is 3.21. The Morgan fingerprint density at radius 3 is 2.71 bits per heavy atom. The molecule has 2 atom stereocenters. The van der Waals surface area contributed by atoms with Crippen LogP contribution in [0.3, 0.4) is 0 Å². The summed E-state index contributed by atoms with van der Waals surface area (Å²) in [5.74, 6) is 1.12. The lowest BCUT2D eigenvalue weighted by Gasteiger charge is -2.19. The molecule has 0 saturated carbocycles. The average Bonchev–Trinajstić information content (AvgIpc) is 2.87. The molecule has 0 amide bonds. The van der Waals surface area contributed by atoms with Gasteiger partial charge in [-0.3, -0.25) is 0 Å². The second kappa shape index (κ2) is 6.20. The van der Waals surface area contributed by atoms with E-state index in [4.69, 9.17) is 4.74 Å². The van der Waals surface area contributed by atoms with E-state index < -0.39 is 0 Å². The number of aliphatic hydroxyl groups is 1. The van der Waals surface area contributed by atoms with Gasteiger partial charge in [0.15, 0.2) is 0 Å². The van der Waals surface area contributed by atoms with Crippen molar-refractivity contribution < 1.29 is 9.84 Å². The summed E-state index contributed by atoms with van der Waals surface area (Å²) in [4.78, 5) is 0. The van der Waals surface area contributed by atoms with E-state index in [0.29, 0.717) is 0 Å². The van der Waals surface area contributed by atoms with Crippen LogP contribution >= 0.6 is 15.9 Å². The summed E-state index contributed by atoms with van der Waals surface area (Å²) in [6, 6.07) is 14.5. The zero-order valence-electron chi connectivity index (χ0n) is 12.1. The molecule has 1 heterocycles. The van der Waals surface area contributed by atoms with Crippen molar-refractivity contribution in [2.45, 2.75) is 31.8 Å². The lowest BCUT2D eigenvalue weighted by Crippen LogP contribution is -2.19. The largest absolute Gasteiger partial charge is 0.490 e. The number of fused-ring (bicyclic) bond motifs is 1. The van der Waals surface area contributed by atoms with Crippen molar-refractivity contribution in [2.75, 3.05) is 6.61 Å². The van der Waals surface area contributed by atoms with Gasteiger partial charge in [-0.15, -0.1) is 0 Å². The molecule has 2 aromatic carbocycles. The summed E-state index contributed by atoms with van der Waals surface area (Å²) in [6.07, 6.45) is 1.93. The highest BCUT2D eigenvalue weighted by Crippen LogP contribution is 2.34. The maximum Gasteiger partial charge on any atom is 0.123 e.